The van der Waals surface area contributed by atoms with Gasteiger partial charge in [0.2, 0.25) is 0 Å². The quantitative estimate of drug-likeness (QED) is 0.220. The number of ether oxygens (including phenoxy) is 4. The number of allylic oxidation sites excluding steroid dienone is 4. The van der Waals surface area contributed by atoms with E-state index in [4.69, 9.17) is 24.7 Å². The van der Waals surface area contributed by atoms with Crippen molar-refractivity contribution in [1.82, 2.24) is 5.32 Å². The predicted molar refractivity (Wildman–Crippen MR) is 148 cm³/mol. The molecule has 0 aromatic heterocycles. The number of hydrogen-bond acceptors (Lipinski definition) is 10. The lowest BCUT2D eigenvalue weighted by molar-refractivity contribution is -0.135. The van der Waals surface area contributed by atoms with Gasteiger partial charge in [0.1, 0.15) is 11.5 Å². The van der Waals surface area contributed by atoms with Gasteiger partial charge in [-0.15, -0.1) is 0 Å². The smallest absolute Gasteiger partial charge is 0.405 e. The number of primary amides is 1. The molecule has 0 radical (unpaired) electrons. The Morgan fingerprint density at radius 2 is 1.68 bits per heavy atom. The lowest BCUT2D eigenvalue weighted by Gasteiger charge is -2.30. The number of Topliss-reactive ketones (excluding diaryl/α,β-unsaturated/α-hetero) is 2. The van der Waals surface area contributed by atoms with Crippen molar-refractivity contribution in [3.8, 4) is 0 Å². The highest BCUT2D eigenvalue weighted by atomic mass is 16.6. The highest BCUT2D eigenvalue weighted by Crippen LogP contribution is 2.32. The van der Waals surface area contributed by atoms with Gasteiger partial charge in [0.05, 0.1) is 25.4 Å². The maximum absolute atomic E-state index is 12.9. The summed E-state index contributed by atoms with van der Waals surface area (Å²) in [6, 6.07) is 0. The number of nitrogens with two attached hydrogens (primary N) is 1. The molecular formula is C29H42N2O10. The first kappa shape index (κ1) is 33.7. The minimum absolute atomic E-state index is 0.0713. The van der Waals surface area contributed by atoms with E-state index in [9.17, 15) is 29.4 Å². The summed E-state index contributed by atoms with van der Waals surface area (Å²) in [5.74, 6) is -4.36. The van der Waals surface area contributed by atoms with Crippen LogP contribution in [-0.4, -0.2) is 79.5 Å². The molecule has 0 saturated carbocycles. The number of carbonyl (C=O) groups is 4. The molecular weight excluding hydrogens is 536 g/mol. The number of fused-ring (bicyclic) bond motifs is 1. The van der Waals surface area contributed by atoms with Crippen LogP contribution in [0.5, 0.6) is 0 Å². The van der Waals surface area contributed by atoms with Gasteiger partial charge in [-0.3, -0.25) is 14.4 Å². The third-order valence-corrected chi connectivity index (χ3v) is 7.41. The second-order valence-corrected chi connectivity index (χ2v) is 10.5. The van der Waals surface area contributed by atoms with Crippen LogP contribution < -0.4 is 11.1 Å². The normalized spacial score (nSPS) is 32.0. The summed E-state index contributed by atoms with van der Waals surface area (Å²) in [4.78, 5) is 50.3. The Balaban J connectivity index is 2.61. The first-order chi connectivity index (χ1) is 19.3. The molecule has 5 N–H and O–H groups in total. The molecule has 41 heavy (non-hydrogen) atoms. The monoisotopic (exact) mass is 578 g/mol. The molecule has 0 unspecified atom stereocenters. The van der Waals surface area contributed by atoms with Gasteiger partial charge in [-0.25, -0.2) is 4.79 Å². The third-order valence-electron chi connectivity index (χ3n) is 7.41. The molecule has 2 aliphatic rings. The number of aliphatic hydroxyl groups excluding tert-OH is 2. The molecule has 2 bridgehead atoms. The lowest BCUT2D eigenvalue weighted by atomic mass is 9.85. The Morgan fingerprint density at radius 3 is 2.24 bits per heavy atom. The minimum Gasteiger partial charge on any atom is -0.505 e. The summed E-state index contributed by atoms with van der Waals surface area (Å²) >= 11 is 0. The highest BCUT2D eigenvalue weighted by molar-refractivity contribution is 6.50. The average Bonchev–Trinajstić information content (AvgIpc) is 2.92. The van der Waals surface area contributed by atoms with Gasteiger partial charge < -0.3 is 40.2 Å². The van der Waals surface area contributed by atoms with Gasteiger partial charge in [-0.05, 0) is 51.0 Å². The third kappa shape index (κ3) is 8.27. The molecule has 2 amide bonds. The maximum atomic E-state index is 12.9. The molecule has 1 aliphatic heterocycles. The summed E-state index contributed by atoms with van der Waals surface area (Å²) in [6.45, 7) is 6.87. The van der Waals surface area contributed by atoms with Crippen molar-refractivity contribution in [3.05, 3.63) is 46.1 Å². The van der Waals surface area contributed by atoms with Crippen LogP contribution in [0.25, 0.3) is 0 Å². The molecule has 0 fully saturated rings. The molecule has 12 heteroatoms. The summed E-state index contributed by atoms with van der Waals surface area (Å²) in [5.41, 5.74) is 5.70. The van der Waals surface area contributed by atoms with Gasteiger partial charge in [0.15, 0.2) is 11.9 Å². The molecule has 0 spiro atoms. The number of methoxy groups -OCH3 is 3. The molecule has 0 aromatic rings. The van der Waals surface area contributed by atoms with E-state index in [-0.39, 0.29) is 29.2 Å². The van der Waals surface area contributed by atoms with Crippen LogP contribution in [0.4, 0.5) is 4.79 Å². The first-order valence-electron chi connectivity index (χ1n) is 13.4. The minimum atomic E-state index is -1.10. The van der Waals surface area contributed by atoms with Crippen molar-refractivity contribution in [1.29, 1.82) is 0 Å². The molecule has 1 aliphatic carbocycles. The zero-order valence-corrected chi connectivity index (χ0v) is 24.7. The molecule has 12 nitrogen and oxygen atoms in total. The fourth-order valence-corrected chi connectivity index (χ4v) is 5.14. The van der Waals surface area contributed by atoms with Gasteiger partial charge in [0, 0.05) is 31.3 Å². The number of amides is 2. The molecule has 0 aromatic carbocycles. The van der Waals surface area contributed by atoms with Gasteiger partial charge >= 0.3 is 6.09 Å². The largest absolute Gasteiger partial charge is 0.505 e. The fraction of sp³-hybridized carbons (Fsp3) is 0.586. The topological polar surface area (TPSA) is 184 Å². The number of hydrogen-bond donors (Lipinski definition) is 4. The first-order valence-corrected chi connectivity index (χ1v) is 13.4. The highest BCUT2D eigenvalue weighted by Gasteiger charge is 2.38. The van der Waals surface area contributed by atoms with Gasteiger partial charge in [0.25, 0.3) is 17.5 Å². The van der Waals surface area contributed by atoms with Crippen LogP contribution in [0.1, 0.15) is 53.4 Å². The maximum Gasteiger partial charge on any atom is 0.405 e. The Labute approximate surface area is 240 Å². The second kappa shape index (κ2) is 14.9. The average molecular weight is 579 g/mol. The van der Waals surface area contributed by atoms with Gasteiger partial charge in [-0.1, -0.05) is 26.0 Å². The molecule has 6 atom stereocenters. The zero-order valence-electron chi connectivity index (χ0n) is 24.7. The summed E-state index contributed by atoms with van der Waals surface area (Å²) in [5, 5.41) is 24.6. The van der Waals surface area contributed by atoms with Crippen LogP contribution in [-0.2, 0) is 33.3 Å². The van der Waals surface area contributed by atoms with Crippen LogP contribution >= 0.6 is 0 Å². The number of aliphatic hydroxyl groups is 2. The fourth-order valence-electron chi connectivity index (χ4n) is 5.14. The summed E-state index contributed by atoms with van der Waals surface area (Å²) in [7, 11) is 4.13. The Bertz CT molecular complexity index is 1150. The standard InChI is InChI=1S/C29H42N2O10/c1-14-11-18-23(33)21(24(34)25(35)27(18)40-7)31-28(36)15(2)9-8-10-19(38-5)26(41-29(30)37)17(4)13-16(3)22(32)20(12-14)39-6/h9,13-14,16,19-20,22,26,32-33H,8,10-12H2,1-7H3,(H2,30,37)(H,31,36)/b15-9+,17-13+/t14-,16+,19-,20-,22+,26+/m0/s1. The van der Waals surface area contributed by atoms with E-state index in [1.807, 2.05) is 6.92 Å². The van der Waals surface area contributed by atoms with E-state index in [1.165, 1.54) is 28.3 Å². The van der Waals surface area contributed by atoms with Crippen LogP contribution in [0.15, 0.2) is 46.1 Å². The molecule has 0 saturated heterocycles. The van der Waals surface area contributed by atoms with Crippen molar-refractivity contribution >= 4 is 23.6 Å². The van der Waals surface area contributed by atoms with E-state index in [2.05, 4.69) is 5.32 Å². The van der Waals surface area contributed by atoms with E-state index < -0.39 is 65.4 Å². The number of rotatable bonds is 4. The van der Waals surface area contributed by atoms with E-state index in [0.29, 0.717) is 24.8 Å². The van der Waals surface area contributed by atoms with Crippen molar-refractivity contribution in [2.45, 2.75) is 77.8 Å². The van der Waals surface area contributed by atoms with E-state index in [1.54, 1.807) is 26.0 Å². The number of nitrogens with one attached hydrogen (secondary N) is 1. The Hall–Kier alpha value is -3.48. The molecule has 228 valence electrons. The van der Waals surface area contributed by atoms with E-state index in [0.717, 1.165) is 0 Å². The summed E-state index contributed by atoms with van der Waals surface area (Å²) < 4.78 is 21.8. The SMILES string of the molecule is COC1=C2C[C@H](C)C[C@H](OC)[C@H](O)[C@H](C)/C=C(\C)[C@@H](OC(N)=O)[C@@H](OC)CC/C=C(\C)C(=O)NC(=C2O)C(=O)C1=O. The van der Waals surface area contributed by atoms with Crippen molar-refractivity contribution in [2.24, 2.45) is 17.6 Å². The van der Waals surface area contributed by atoms with Crippen LogP contribution in [0.2, 0.25) is 0 Å². The van der Waals surface area contributed by atoms with Crippen molar-refractivity contribution in [3.63, 3.8) is 0 Å². The Morgan fingerprint density at radius 1 is 1.05 bits per heavy atom. The Kier molecular flexibility index (Phi) is 12.3. The second-order valence-electron chi connectivity index (χ2n) is 10.5. The van der Waals surface area contributed by atoms with E-state index >= 15 is 0 Å². The van der Waals surface area contributed by atoms with Gasteiger partial charge in [-0.2, -0.15) is 0 Å². The zero-order chi connectivity index (χ0) is 31.0. The van der Waals surface area contributed by atoms with Crippen molar-refractivity contribution in [2.75, 3.05) is 21.3 Å². The van der Waals surface area contributed by atoms with Crippen molar-refractivity contribution < 1.29 is 48.3 Å². The molecule has 2 rings (SSSR count). The van der Waals surface area contributed by atoms with Crippen LogP contribution in [0.3, 0.4) is 0 Å². The lowest BCUT2D eigenvalue weighted by Crippen LogP contribution is -2.38. The predicted octanol–water partition coefficient (Wildman–Crippen LogP) is 2.52. The molecule has 1 heterocycles. The number of carbonyl (C=O) groups excluding carboxylic acids is 4. The summed E-state index contributed by atoms with van der Waals surface area (Å²) in [6.07, 6.45) is 0.235. The number of ketones is 2. The van der Waals surface area contributed by atoms with Crippen LogP contribution in [0, 0.1) is 11.8 Å².